The molecule has 0 radical (unpaired) electrons. The second-order valence-electron chi connectivity index (χ2n) is 6.18. The molecule has 5 rings (SSSR count). The van der Waals surface area contributed by atoms with Gasteiger partial charge >= 0.3 is 0 Å². The van der Waals surface area contributed by atoms with Crippen molar-refractivity contribution in [3.63, 3.8) is 0 Å². The Balaban J connectivity index is 1.93. The summed E-state index contributed by atoms with van der Waals surface area (Å²) in [5.41, 5.74) is 11.3. The van der Waals surface area contributed by atoms with Crippen LogP contribution in [0.15, 0.2) is 48.5 Å². The van der Waals surface area contributed by atoms with E-state index in [0.29, 0.717) is 17.7 Å². The highest BCUT2D eigenvalue weighted by atomic mass is 16.1. The van der Waals surface area contributed by atoms with Gasteiger partial charge in [-0.05, 0) is 41.8 Å². The Morgan fingerprint density at radius 2 is 1.62 bits per heavy atom. The SMILES string of the molecule is NC(=O)c1cc2c3c(cc(NC=O)cc3c1)-c1nc3ccccc3nc1-2. The first kappa shape index (κ1) is 14.5. The van der Waals surface area contributed by atoms with E-state index in [0.717, 1.165) is 44.3 Å². The number of carbonyl (C=O) groups is 2. The van der Waals surface area contributed by atoms with E-state index in [1.165, 1.54) is 0 Å². The lowest BCUT2D eigenvalue weighted by Crippen LogP contribution is -2.10. The molecule has 0 atom stereocenters. The Bertz CT molecular complexity index is 1260. The number of nitrogens with two attached hydrogens (primary N) is 1. The number of primary amides is 1. The van der Waals surface area contributed by atoms with Crippen LogP contribution in [0.3, 0.4) is 0 Å². The fourth-order valence-corrected chi connectivity index (χ4v) is 3.56. The quantitative estimate of drug-likeness (QED) is 0.493. The topological polar surface area (TPSA) is 98.0 Å². The molecule has 0 saturated carbocycles. The molecule has 1 aliphatic rings. The number of fused-ring (bicyclic) bond motifs is 4. The predicted molar refractivity (Wildman–Crippen MR) is 99.7 cm³/mol. The number of nitrogens with one attached hydrogen (secondary N) is 1. The number of para-hydroxylation sites is 2. The van der Waals surface area contributed by atoms with Gasteiger partial charge in [-0.1, -0.05) is 12.1 Å². The number of aromatic nitrogens is 2. The fraction of sp³-hybridized carbons (Fsp3) is 0. The Hall–Kier alpha value is -3.80. The van der Waals surface area contributed by atoms with Crippen molar-refractivity contribution in [2.75, 3.05) is 5.32 Å². The van der Waals surface area contributed by atoms with E-state index in [2.05, 4.69) is 5.32 Å². The minimum Gasteiger partial charge on any atom is -0.366 e. The summed E-state index contributed by atoms with van der Waals surface area (Å²) in [5, 5.41) is 4.43. The van der Waals surface area contributed by atoms with Crippen LogP contribution in [-0.2, 0) is 4.79 Å². The van der Waals surface area contributed by atoms with Crippen LogP contribution in [0.25, 0.3) is 44.3 Å². The lowest BCUT2D eigenvalue weighted by molar-refractivity contribution is -0.105. The van der Waals surface area contributed by atoms with Gasteiger partial charge in [0.2, 0.25) is 12.3 Å². The normalized spacial score (nSPS) is 11.5. The van der Waals surface area contributed by atoms with Gasteiger partial charge in [-0.3, -0.25) is 9.59 Å². The van der Waals surface area contributed by atoms with Gasteiger partial charge in [0.1, 0.15) is 0 Å². The summed E-state index contributed by atoms with van der Waals surface area (Å²) in [4.78, 5) is 32.2. The van der Waals surface area contributed by atoms with Gasteiger partial charge < -0.3 is 11.1 Å². The van der Waals surface area contributed by atoms with Crippen LogP contribution in [0.2, 0.25) is 0 Å². The lowest BCUT2D eigenvalue weighted by atomic mass is 9.99. The minimum atomic E-state index is -0.513. The first-order valence-corrected chi connectivity index (χ1v) is 8.05. The molecular formula is C20H12N4O2. The Kier molecular flexibility index (Phi) is 2.85. The molecule has 1 aliphatic carbocycles. The number of hydrogen-bond donors (Lipinski definition) is 2. The smallest absolute Gasteiger partial charge is 0.248 e. The summed E-state index contributed by atoms with van der Waals surface area (Å²) in [6.07, 6.45) is 0.620. The fourth-order valence-electron chi connectivity index (χ4n) is 3.56. The largest absolute Gasteiger partial charge is 0.366 e. The maximum Gasteiger partial charge on any atom is 0.248 e. The standard InChI is InChI=1S/C20H12N4O2/c21-20(26)11-5-10-6-12(22-9-25)8-14-17(10)13(7-11)18-19(14)24-16-4-2-1-3-15(16)23-18/h1-9H,(H2,21,26)(H,22,25). The molecular weight excluding hydrogens is 328 g/mol. The van der Waals surface area contributed by atoms with Crippen LogP contribution in [-0.4, -0.2) is 22.3 Å². The third-order valence-corrected chi connectivity index (χ3v) is 4.64. The molecule has 6 nitrogen and oxygen atoms in total. The number of benzene rings is 3. The predicted octanol–water partition coefficient (Wildman–Crippen LogP) is 3.10. The molecule has 3 aromatic carbocycles. The lowest BCUT2D eigenvalue weighted by Gasteiger charge is -2.07. The van der Waals surface area contributed by atoms with Crippen molar-refractivity contribution in [3.05, 3.63) is 54.1 Å². The molecule has 0 saturated heterocycles. The molecule has 3 N–H and O–H groups in total. The zero-order valence-electron chi connectivity index (χ0n) is 13.5. The number of amides is 2. The number of nitrogens with zero attached hydrogens (tertiary/aromatic N) is 2. The van der Waals surface area contributed by atoms with Crippen LogP contribution < -0.4 is 11.1 Å². The number of hydrogen-bond acceptors (Lipinski definition) is 4. The monoisotopic (exact) mass is 340 g/mol. The highest BCUT2D eigenvalue weighted by molar-refractivity contribution is 6.17. The third-order valence-electron chi connectivity index (χ3n) is 4.64. The first-order valence-electron chi connectivity index (χ1n) is 8.05. The summed E-state index contributed by atoms with van der Waals surface area (Å²) in [6, 6.07) is 14.8. The maximum atomic E-state index is 11.8. The first-order chi connectivity index (χ1) is 12.7. The third kappa shape index (κ3) is 1.92. The number of anilines is 1. The number of carbonyl (C=O) groups excluding carboxylic acids is 2. The second-order valence-corrected chi connectivity index (χ2v) is 6.18. The zero-order chi connectivity index (χ0) is 17.8. The van der Waals surface area contributed by atoms with E-state index in [-0.39, 0.29) is 0 Å². The van der Waals surface area contributed by atoms with Crippen molar-refractivity contribution in [2.45, 2.75) is 0 Å². The average molecular weight is 340 g/mol. The molecule has 0 fully saturated rings. The van der Waals surface area contributed by atoms with Gasteiger partial charge in [-0.15, -0.1) is 0 Å². The van der Waals surface area contributed by atoms with Gasteiger partial charge in [0.05, 0.1) is 22.4 Å². The van der Waals surface area contributed by atoms with Gasteiger partial charge in [-0.25, -0.2) is 9.97 Å². The van der Waals surface area contributed by atoms with Gasteiger partial charge in [0, 0.05) is 27.8 Å². The van der Waals surface area contributed by atoms with Crippen molar-refractivity contribution < 1.29 is 9.59 Å². The van der Waals surface area contributed by atoms with Gasteiger partial charge in [0.25, 0.3) is 0 Å². The molecule has 6 heteroatoms. The summed E-state index contributed by atoms with van der Waals surface area (Å²) in [5.74, 6) is -0.513. The summed E-state index contributed by atoms with van der Waals surface area (Å²) in [7, 11) is 0. The summed E-state index contributed by atoms with van der Waals surface area (Å²) in [6.45, 7) is 0. The highest BCUT2D eigenvalue weighted by Crippen LogP contribution is 2.47. The van der Waals surface area contributed by atoms with E-state index in [4.69, 9.17) is 15.7 Å². The molecule has 0 bridgehead atoms. The van der Waals surface area contributed by atoms with Crippen LogP contribution in [0, 0.1) is 0 Å². The van der Waals surface area contributed by atoms with E-state index < -0.39 is 5.91 Å². The van der Waals surface area contributed by atoms with Crippen molar-refractivity contribution in [3.8, 4) is 22.5 Å². The van der Waals surface area contributed by atoms with E-state index in [1.54, 1.807) is 12.1 Å². The summed E-state index contributed by atoms with van der Waals surface area (Å²) < 4.78 is 0. The minimum absolute atomic E-state index is 0.393. The van der Waals surface area contributed by atoms with Crippen molar-refractivity contribution in [1.29, 1.82) is 0 Å². The van der Waals surface area contributed by atoms with Crippen LogP contribution >= 0.6 is 0 Å². The molecule has 0 aliphatic heterocycles. The van der Waals surface area contributed by atoms with Crippen molar-refractivity contribution >= 4 is 39.8 Å². The van der Waals surface area contributed by atoms with E-state index >= 15 is 0 Å². The summed E-state index contributed by atoms with van der Waals surface area (Å²) >= 11 is 0. The maximum absolute atomic E-state index is 11.8. The molecule has 26 heavy (non-hydrogen) atoms. The Morgan fingerprint density at radius 3 is 2.23 bits per heavy atom. The number of rotatable bonds is 3. The highest BCUT2D eigenvalue weighted by Gasteiger charge is 2.26. The molecule has 2 amide bonds. The van der Waals surface area contributed by atoms with Gasteiger partial charge in [-0.2, -0.15) is 0 Å². The zero-order valence-corrected chi connectivity index (χ0v) is 13.5. The Morgan fingerprint density at radius 1 is 0.962 bits per heavy atom. The molecule has 1 aromatic heterocycles. The Labute approximate surface area is 147 Å². The molecule has 4 aromatic rings. The molecule has 0 unspecified atom stereocenters. The second kappa shape index (κ2) is 5.10. The molecule has 1 heterocycles. The van der Waals surface area contributed by atoms with Crippen LogP contribution in [0.5, 0.6) is 0 Å². The molecule has 124 valence electrons. The average Bonchev–Trinajstić information content (AvgIpc) is 2.94. The van der Waals surface area contributed by atoms with Crippen LogP contribution in [0.4, 0.5) is 5.69 Å². The van der Waals surface area contributed by atoms with Crippen LogP contribution in [0.1, 0.15) is 10.4 Å². The van der Waals surface area contributed by atoms with Crippen molar-refractivity contribution in [2.24, 2.45) is 5.73 Å². The van der Waals surface area contributed by atoms with Crippen molar-refractivity contribution in [1.82, 2.24) is 9.97 Å². The van der Waals surface area contributed by atoms with E-state index in [1.807, 2.05) is 36.4 Å². The van der Waals surface area contributed by atoms with E-state index in [9.17, 15) is 9.59 Å². The molecule has 0 spiro atoms. The van der Waals surface area contributed by atoms with Gasteiger partial charge in [0.15, 0.2) is 0 Å².